The first-order valence-electron chi connectivity index (χ1n) is 14.1. The second kappa shape index (κ2) is 14.9. The van der Waals surface area contributed by atoms with Crippen LogP contribution in [0.2, 0.25) is 0 Å². The second-order valence-electron chi connectivity index (χ2n) is 11.8. The van der Waals surface area contributed by atoms with Crippen LogP contribution < -0.4 is 10.6 Å². The molecule has 0 bridgehead atoms. The number of allylic oxidation sites excluding steroid dienone is 1. The molecule has 1 saturated heterocycles. The number of likely N-dealkylation sites (tertiary alicyclic amines) is 1. The number of likely N-dealkylation sites (N-methyl/N-ethyl adjacent to an activating group) is 1. The fourth-order valence-electron chi connectivity index (χ4n) is 4.60. The van der Waals surface area contributed by atoms with E-state index in [9.17, 15) is 18.8 Å². The standard InChI is InChI=1S/C21H31N3OS.C10H16FNO2/c1-6-8-18(23-21(25)19-9-7-14-24(19)4)16-10-12-17(13-11-16)20(26-5)15(2)22-3;1-9(2,3)7(6-13)12-8(14)10(11)4-5-10/h10-13,18-19H,3,6-9,14H2,1-2,4-5H3,(H,23,25);6-7H,4-5H2,1-3H3,(H,12,14)/b20-15-;/t18-,19+;7-/m11/s1. The number of amides is 2. The molecule has 0 spiro atoms. The van der Waals surface area contributed by atoms with Gasteiger partial charge in [-0.25, -0.2) is 4.39 Å². The number of carbonyl (C=O) groups is 3. The molecule has 2 amide bonds. The minimum absolute atomic E-state index is 0.0148. The van der Waals surface area contributed by atoms with E-state index in [1.807, 2.05) is 34.7 Å². The molecule has 1 aromatic carbocycles. The van der Waals surface area contributed by atoms with Crippen LogP contribution in [0, 0.1) is 5.41 Å². The second-order valence-corrected chi connectivity index (χ2v) is 12.6. The van der Waals surface area contributed by atoms with Gasteiger partial charge >= 0.3 is 0 Å². The van der Waals surface area contributed by atoms with Crippen molar-refractivity contribution in [2.75, 3.05) is 19.8 Å². The van der Waals surface area contributed by atoms with Crippen LogP contribution in [0.3, 0.4) is 0 Å². The molecule has 1 heterocycles. The van der Waals surface area contributed by atoms with Crippen molar-refractivity contribution in [2.24, 2.45) is 10.4 Å². The maximum absolute atomic E-state index is 13.3. The van der Waals surface area contributed by atoms with E-state index >= 15 is 0 Å². The lowest BCUT2D eigenvalue weighted by Crippen LogP contribution is -2.48. The van der Waals surface area contributed by atoms with Crippen LogP contribution in [0.5, 0.6) is 0 Å². The first-order valence-corrected chi connectivity index (χ1v) is 15.3. The topological polar surface area (TPSA) is 90.9 Å². The lowest BCUT2D eigenvalue weighted by Gasteiger charge is -2.27. The lowest BCUT2D eigenvalue weighted by atomic mass is 9.87. The van der Waals surface area contributed by atoms with E-state index in [4.69, 9.17) is 0 Å². The molecular formula is C31H47FN4O3S. The summed E-state index contributed by atoms with van der Waals surface area (Å²) < 4.78 is 13.3. The van der Waals surface area contributed by atoms with E-state index in [0.717, 1.165) is 54.0 Å². The maximum atomic E-state index is 13.3. The van der Waals surface area contributed by atoms with Gasteiger partial charge in [-0.3, -0.25) is 19.5 Å². The number of hydrogen-bond acceptors (Lipinski definition) is 6. The van der Waals surface area contributed by atoms with Gasteiger partial charge in [0.2, 0.25) is 5.91 Å². The number of benzene rings is 1. The zero-order valence-electron chi connectivity index (χ0n) is 25.2. The molecule has 3 rings (SSSR count). The highest BCUT2D eigenvalue weighted by Gasteiger charge is 2.51. The summed E-state index contributed by atoms with van der Waals surface area (Å²) in [5.74, 6) is -0.492. The number of rotatable bonds is 11. The summed E-state index contributed by atoms with van der Waals surface area (Å²) in [5.41, 5.74) is 1.17. The summed E-state index contributed by atoms with van der Waals surface area (Å²) in [6, 6.07) is 7.95. The predicted octanol–water partition coefficient (Wildman–Crippen LogP) is 5.71. The Morgan fingerprint density at radius 3 is 2.30 bits per heavy atom. The number of alkyl halides is 1. The molecule has 222 valence electrons. The van der Waals surface area contributed by atoms with Gasteiger partial charge in [0.1, 0.15) is 6.29 Å². The van der Waals surface area contributed by atoms with E-state index in [1.54, 1.807) is 11.8 Å². The number of nitrogens with zero attached hydrogens (tertiary/aromatic N) is 2. The van der Waals surface area contributed by atoms with Gasteiger partial charge in [0, 0.05) is 4.91 Å². The minimum Gasteiger partial charge on any atom is -0.348 e. The Labute approximate surface area is 243 Å². The van der Waals surface area contributed by atoms with Crippen molar-refractivity contribution >= 4 is 41.5 Å². The molecule has 0 aromatic heterocycles. The third-order valence-electron chi connectivity index (χ3n) is 7.51. The van der Waals surface area contributed by atoms with Gasteiger partial charge in [0.15, 0.2) is 5.67 Å². The first-order chi connectivity index (χ1) is 18.8. The molecule has 7 nitrogen and oxygen atoms in total. The van der Waals surface area contributed by atoms with Crippen molar-refractivity contribution in [3.8, 4) is 0 Å². The maximum Gasteiger partial charge on any atom is 0.258 e. The number of hydrogen-bond donors (Lipinski definition) is 2. The van der Waals surface area contributed by atoms with Gasteiger partial charge in [0.25, 0.3) is 5.91 Å². The SMILES string of the molecule is C=N/C(C)=C(\SC)c1ccc([C@@H](CCC)NC(=O)[C@@H]2CCCN2C)cc1.CC(C)(C)[C@@H](C=O)NC(=O)C1(F)CC1. The van der Waals surface area contributed by atoms with Crippen LogP contribution in [-0.2, 0) is 14.4 Å². The molecule has 1 saturated carbocycles. The monoisotopic (exact) mass is 574 g/mol. The average molecular weight is 575 g/mol. The number of carbonyl (C=O) groups excluding carboxylic acids is 3. The number of aldehydes is 1. The van der Waals surface area contributed by atoms with E-state index in [-0.39, 0.29) is 36.2 Å². The van der Waals surface area contributed by atoms with Gasteiger partial charge < -0.3 is 15.4 Å². The normalized spacial score (nSPS) is 20.2. The summed E-state index contributed by atoms with van der Waals surface area (Å²) >= 11 is 1.68. The molecule has 1 aliphatic carbocycles. The van der Waals surface area contributed by atoms with Gasteiger partial charge in [0.05, 0.1) is 23.8 Å². The van der Waals surface area contributed by atoms with Crippen molar-refractivity contribution in [2.45, 2.75) is 96.9 Å². The van der Waals surface area contributed by atoms with Crippen LogP contribution >= 0.6 is 11.8 Å². The summed E-state index contributed by atoms with van der Waals surface area (Å²) in [6.45, 7) is 14.2. The third kappa shape index (κ3) is 9.26. The van der Waals surface area contributed by atoms with Crippen LogP contribution in [-0.4, -0.2) is 67.3 Å². The molecule has 0 unspecified atom stereocenters. The van der Waals surface area contributed by atoms with Crippen molar-refractivity contribution in [1.82, 2.24) is 15.5 Å². The van der Waals surface area contributed by atoms with Crippen molar-refractivity contribution in [3.63, 3.8) is 0 Å². The van der Waals surface area contributed by atoms with Crippen molar-refractivity contribution < 1.29 is 18.8 Å². The number of nitrogens with one attached hydrogen (secondary N) is 2. The zero-order chi connectivity index (χ0) is 30.1. The molecule has 0 radical (unpaired) electrons. The van der Waals surface area contributed by atoms with Crippen LogP contribution in [0.4, 0.5) is 4.39 Å². The Bertz CT molecular complexity index is 1060. The van der Waals surface area contributed by atoms with E-state index in [2.05, 4.69) is 64.7 Å². The minimum atomic E-state index is -1.70. The number of thioether (sulfide) groups is 1. The van der Waals surface area contributed by atoms with Crippen molar-refractivity contribution in [3.05, 3.63) is 41.1 Å². The molecular weight excluding hydrogens is 527 g/mol. The van der Waals surface area contributed by atoms with Gasteiger partial charge in [-0.05, 0) is 82.1 Å². The number of aliphatic imine (C=N–C) groups is 1. The smallest absolute Gasteiger partial charge is 0.258 e. The van der Waals surface area contributed by atoms with Crippen LogP contribution in [0.15, 0.2) is 35.0 Å². The zero-order valence-corrected chi connectivity index (χ0v) is 26.0. The molecule has 2 N–H and O–H groups in total. The Kier molecular flexibility index (Phi) is 12.6. The van der Waals surface area contributed by atoms with E-state index in [1.165, 1.54) is 0 Å². The van der Waals surface area contributed by atoms with Crippen LogP contribution in [0.25, 0.3) is 4.91 Å². The molecule has 2 aliphatic rings. The molecule has 9 heteroatoms. The average Bonchev–Trinajstić information content (AvgIpc) is 3.53. The molecule has 1 aromatic rings. The van der Waals surface area contributed by atoms with Crippen molar-refractivity contribution in [1.29, 1.82) is 0 Å². The molecule has 2 fully saturated rings. The van der Waals surface area contributed by atoms with E-state index < -0.39 is 17.6 Å². The third-order valence-corrected chi connectivity index (χ3v) is 8.45. The Hall–Kier alpha value is -2.52. The van der Waals surface area contributed by atoms with Gasteiger partial charge in [-0.2, -0.15) is 0 Å². The Morgan fingerprint density at radius 2 is 1.88 bits per heavy atom. The first kappa shape index (κ1) is 33.7. The quantitative estimate of drug-likeness (QED) is 0.261. The van der Waals surface area contributed by atoms with E-state index in [0.29, 0.717) is 6.29 Å². The fourth-order valence-corrected chi connectivity index (χ4v) is 5.33. The summed E-state index contributed by atoms with van der Waals surface area (Å²) in [7, 11) is 2.03. The molecule has 3 atom stereocenters. The molecule has 1 aliphatic heterocycles. The largest absolute Gasteiger partial charge is 0.348 e. The molecule has 40 heavy (non-hydrogen) atoms. The summed E-state index contributed by atoms with van der Waals surface area (Å²) in [4.78, 5) is 42.0. The highest BCUT2D eigenvalue weighted by molar-refractivity contribution is 8.07. The summed E-state index contributed by atoms with van der Waals surface area (Å²) in [5, 5.41) is 5.70. The highest BCUT2D eigenvalue weighted by atomic mass is 32.2. The lowest BCUT2D eigenvalue weighted by molar-refractivity contribution is -0.131. The highest BCUT2D eigenvalue weighted by Crippen LogP contribution is 2.40. The van der Waals surface area contributed by atoms with Crippen LogP contribution in [0.1, 0.15) is 90.3 Å². The summed E-state index contributed by atoms with van der Waals surface area (Å²) in [6.07, 6.45) is 7.28. The number of halogens is 1. The Balaban J connectivity index is 0.000000337. The van der Waals surface area contributed by atoms with Gasteiger partial charge in [-0.15, -0.1) is 11.8 Å². The fraction of sp³-hybridized carbons (Fsp3) is 0.613. The predicted molar refractivity (Wildman–Crippen MR) is 164 cm³/mol. The van der Waals surface area contributed by atoms with Gasteiger partial charge in [-0.1, -0.05) is 58.4 Å². The Morgan fingerprint density at radius 1 is 1.25 bits per heavy atom.